The smallest absolute Gasteiger partial charge is 0.242 e. The van der Waals surface area contributed by atoms with Crippen molar-refractivity contribution in [1.82, 2.24) is 34.8 Å². The van der Waals surface area contributed by atoms with E-state index in [1.807, 2.05) is 24.4 Å². The monoisotopic (exact) mass is 417 g/mol. The molecule has 3 aromatic rings. The van der Waals surface area contributed by atoms with E-state index < -0.39 is 6.04 Å². The third-order valence-electron chi connectivity index (χ3n) is 5.05. The van der Waals surface area contributed by atoms with E-state index in [-0.39, 0.29) is 5.91 Å². The van der Waals surface area contributed by atoms with E-state index in [1.54, 1.807) is 15.9 Å². The topological polar surface area (TPSA) is 93.4 Å². The van der Waals surface area contributed by atoms with Gasteiger partial charge < -0.3 is 9.88 Å². The number of fused-ring (bicyclic) bond motifs is 1. The van der Waals surface area contributed by atoms with Crippen LogP contribution in [-0.2, 0) is 24.2 Å². The van der Waals surface area contributed by atoms with Crippen molar-refractivity contribution < 1.29 is 4.79 Å². The molecule has 1 aliphatic heterocycles. The van der Waals surface area contributed by atoms with Gasteiger partial charge in [-0.1, -0.05) is 12.5 Å². The van der Waals surface area contributed by atoms with Crippen LogP contribution >= 0.6 is 23.6 Å². The van der Waals surface area contributed by atoms with Gasteiger partial charge in [0.25, 0.3) is 0 Å². The lowest BCUT2D eigenvalue weighted by Crippen LogP contribution is -2.33. The van der Waals surface area contributed by atoms with Gasteiger partial charge >= 0.3 is 0 Å². The van der Waals surface area contributed by atoms with Crippen molar-refractivity contribution in [3.63, 3.8) is 0 Å². The number of nitrogens with zero attached hydrogens (tertiary/aromatic N) is 5. The molecule has 3 aromatic heterocycles. The Morgan fingerprint density at radius 2 is 2.29 bits per heavy atom. The maximum atomic E-state index is 12.7. The molecule has 10 heteroatoms. The van der Waals surface area contributed by atoms with Crippen LogP contribution in [0.3, 0.4) is 0 Å². The highest BCUT2D eigenvalue weighted by Gasteiger charge is 2.21. The van der Waals surface area contributed by atoms with Gasteiger partial charge in [0, 0.05) is 25.9 Å². The number of amides is 1. The molecule has 0 aromatic carbocycles. The summed E-state index contributed by atoms with van der Waals surface area (Å²) >= 11 is 6.91. The highest BCUT2D eigenvalue weighted by Crippen LogP contribution is 2.25. The Balaban J connectivity index is 1.41. The molecule has 148 valence electrons. The molecule has 1 unspecified atom stereocenters. The fourth-order valence-electron chi connectivity index (χ4n) is 3.54. The van der Waals surface area contributed by atoms with E-state index in [1.165, 1.54) is 12.8 Å². The molecule has 0 aliphatic carbocycles. The van der Waals surface area contributed by atoms with E-state index >= 15 is 0 Å². The predicted octanol–water partition coefficient (Wildman–Crippen LogP) is 2.91. The maximum Gasteiger partial charge on any atom is 0.242 e. The Morgan fingerprint density at radius 1 is 1.39 bits per heavy atom. The first-order valence-corrected chi connectivity index (χ1v) is 10.8. The zero-order valence-electron chi connectivity index (χ0n) is 15.7. The SMILES string of the molecule is CC(C(=O)NCCc1nnc2n1CCCCC2)n1c(-c2cccs2)n[nH]c1=S. The molecule has 0 radical (unpaired) electrons. The van der Waals surface area contributed by atoms with Crippen LogP contribution in [0.25, 0.3) is 10.7 Å². The van der Waals surface area contributed by atoms with Gasteiger partial charge in [-0.2, -0.15) is 5.10 Å². The van der Waals surface area contributed by atoms with Crippen LogP contribution < -0.4 is 5.32 Å². The minimum Gasteiger partial charge on any atom is -0.354 e. The number of rotatable bonds is 6. The average Bonchev–Trinajstić information content (AvgIpc) is 3.39. The van der Waals surface area contributed by atoms with Crippen molar-refractivity contribution in [2.75, 3.05) is 6.54 Å². The zero-order valence-corrected chi connectivity index (χ0v) is 17.4. The van der Waals surface area contributed by atoms with Crippen LogP contribution in [0.5, 0.6) is 0 Å². The number of aromatic amines is 1. The van der Waals surface area contributed by atoms with Crippen molar-refractivity contribution in [2.24, 2.45) is 0 Å². The van der Waals surface area contributed by atoms with Crippen molar-refractivity contribution in [1.29, 1.82) is 0 Å². The number of H-pyrrole nitrogens is 1. The van der Waals surface area contributed by atoms with E-state index in [9.17, 15) is 4.79 Å². The van der Waals surface area contributed by atoms with E-state index in [0.29, 0.717) is 23.6 Å². The first kappa shape index (κ1) is 19.0. The molecule has 0 fully saturated rings. The summed E-state index contributed by atoms with van der Waals surface area (Å²) in [5.74, 6) is 2.61. The number of hydrogen-bond donors (Lipinski definition) is 2. The Hall–Kier alpha value is -2.33. The number of carbonyl (C=O) groups is 1. The Kier molecular flexibility index (Phi) is 5.67. The van der Waals surface area contributed by atoms with Crippen LogP contribution in [0.4, 0.5) is 0 Å². The summed E-state index contributed by atoms with van der Waals surface area (Å²) in [6, 6.07) is 3.46. The molecule has 0 saturated heterocycles. The van der Waals surface area contributed by atoms with Crippen molar-refractivity contribution in [3.05, 3.63) is 33.9 Å². The van der Waals surface area contributed by atoms with Crippen LogP contribution in [0.2, 0.25) is 0 Å². The van der Waals surface area contributed by atoms with Crippen molar-refractivity contribution in [3.8, 4) is 10.7 Å². The van der Waals surface area contributed by atoms with Crippen LogP contribution in [0, 0.1) is 4.77 Å². The summed E-state index contributed by atoms with van der Waals surface area (Å²) in [4.78, 5) is 13.7. The number of hydrogen-bond acceptors (Lipinski definition) is 6. The second kappa shape index (κ2) is 8.36. The standard InChI is InChI=1S/C18H23N7OS2/c1-12(25-16(22-23-18(25)27)13-6-5-11-28-13)17(26)19-9-8-15-21-20-14-7-3-2-4-10-24(14)15/h5-6,11-12H,2-4,7-10H2,1H3,(H,19,26)(H,23,27). The second-order valence-electron chi connectivity index (χ2n) is 6.91. The van der Waals surface area contributed by atoms with Gasteiger partial charge in [-0.15, -0.1) is 21.5 Å². The summed E-state index contributed by atoms with van der Waals surface area (Å²) in [6.45, 7) is 3.32. The molecular formula is C18H23N7OS2. The molecule has 2 N–H and O–H groups in total. The quantitative estimate of drug-likeness (QED) is 0.602. The molecule has 0 saturated carbocycles. The molecule has 4 heterocycles. The third kappa shape index (κ3) is 3.79. The minimum atomic E-state index is -0.459. The maximum absolute atomic E-state index is 12.7. The molecule has 1 aliphatic rings. The Bertz CT molecular complexity index is 1000. The molecule has 4 rings (SSSR count). The normalized spacial score (nSPS) is 15.0. The van der Waals surface area contributed by atoms with Crippen molar-refractivity contribution in [2.45, 2.75) is 51.6 Å². The highest BCUT2D eigenvalue weighted by molar-refractivity contribution is 7.71. The van der Waals surface area contributed by atoms with Gasteiger partial charge in [0.05, 0.1) is 4.88 Å². The molecule has 0 bridgehead atoms. The second-order valence-corrected chi connectivity index (χ2v) is 8.25. The summed E-state index contributed by atoms with van der Waals surface area (Å²) in [6.07, 6.45) is 5.21. The highest BCUT2D eigenvalue weighted by atomic mass is 32.1. The Labute approximate surface area is 172 Å². The number of carbonyl (C=O) groups excluding carboxylic acids is 1. The van der Waals surface area contributed by atoms with Gasteiger partial charge in [-0.05, 0) is 43.4 Å². The lowest BCUT2D eigenvalue weighted by molar-refractivity contribution is -0.123. The first-order chi connectivity index (χ1) is 13.6. The molecule has 28 heavy (non-hydrogen) atoms. The van der Waals surface area contributed by atoms with Gasteiger partial charge in [-0.25, -0.2) is 0 Å². The van der Waals surface area contributed by atoms with Gasteiger partial charge in [0.2, 0.25) is 5.91 Å². The molecule has 1 atom stereocenters. The zero-order chi connectivity index (χ0) is 19.5. The van der Waals surface area contributed by atoms with Gasteiger partial charge in [0.1, 0.15) is 17.7 Å². The van der Waals surface area contributed by atoms with Crippen molar-refractivity contribution >= 4 is 29.5 Å². The third-order valence-corrected chi connectivity index (χ3v) is 6.20. The van der Waals surface area contributed by atoms with E-state index in [4.69, 9.17) is 12.2 Å². The number of thiophene rings is 1. The fourth-order valence-corrected chi connectivity index (χ4v) is 4.54. The van der Waals surface area contributed by atoms with Crippen LogP contribution in [0.1, 0.15) is 43.9 Å². The number of aryl methyl sites for hydroxylation is 1. The van der Waals surface area contributed by atoms with E-state index in [2.05, 4.69) is 30.3 Å². The number of nitrogens with one attached hydrogen (secondary N) is 2. The predicted molar refractivity (Wildman–Crippen MR) is 110 cm³/mol. The first-order valence-electron chi connectivity index (χ1n) is 9.54. The molecular weight excluding hydrogens is 394 g/mol. The summed E-state index contributed by atoms with van der Waals surface area (Å²) in [5.41, 5.74) is 0. The van der Waals surface area contributed by atoms with Crippen LogP contribution in [0.15, 0.2) is 17.5 Å². The summed E-state index contributed by atoms with van der Waals surface area (Å²) in [5, 5.41) is 20.7. The van der Waals surface area contributed by atoms with Gasteiger partial charge in [0.15, 0.2) is 10.6 Å². The minimum absolute atomic E-state index is 0.0917. The number of aromatic nitrogens is 6. The summed E-state index contributed by atoms with van der Waals surface area (Å²) < 4.78 is 4.41. The Morgan fingerprint density at radius 3 is 3.11 bits per heavy atom. The fraction of sp³-hybridized carbons (Fsp3) is 0.500. The lowest BCUT2D eigenvalue weighted by Gasteiger charge is -2.15. The molecule has 0 spiro atoms. The molecule has 8 nitrogen and oxygen atoms in total. The largest absolute Gasteiger partial charge is 0.354 e. The van der Waals surface area contributed by atoms with E-state index in [0.717, 1.165) is 35.9 Å². The van der Waals surface area contributed by atoms with Crippen LogP contribution in [-0.4, -0.2) is 42.0 Å². The summed E-state index contributed by atoms with van der Waals surface area (Å²) in [7, 11) is 0. The molecule has 1 amide bonds. The lowest BCUT2D eigenvalue weighted by atomic mass is 10.2. The van der Waals surface area contributed by atoms with Gasteiger partial charge in [-0.3, -0.25) is 14.5 Å². The average molecular weight is 418 g/mol.